The molecule has 154 valence electrons. The zero-order valence-electron chi connectivity index (χ0n) is 17.2. The molecule has 0 aliphatic heterocycles. The summed E-state index contributed by atoms with van der Waals surface area (Å²) < 4.78 is 0. The van der Waals surface area contributed by atoms with E-state index in [-0.39, 0.29) is 17.1 Å². The molecule has 1 atom stereocenters. The Morgan fingerprint density at radius 3 is 1.90 bits per heavy atom. The third-order valence-electron chi connectivity index (χ3n) is 4.52. The molecule has 0 bridgehead atoms. The fourth-order valence-corrected chi connectivity index (χ4v) is 3.97. The normalized spacial score (nSPS) is 11.5. The van der Waals surface area contributed by atoms with Gasteiger partial charge in [-0.25, -0.2) is 0 Å². The van der Waals surface area contributed by atoms with Crippen molar-refractivity contribution in [1.82, 2.24) is 0 Å². The highest BCUT2D eigenvalue weighted by Gasteiger charge is 2.24. The highest BCUT2D eigenvalue weighted by Crippen LogP contribution is 2.31. The van der Waals surface area contributed by atoms with Gasteiger partial charge in [0.2, 0.25) is 11.8 Å². The molecule has 0 saturated heterocycles. The van der Waals surface area contributed by atoms with E-state index in [0.717, 1.165) is 28.4 Å². The van der Waals surface area contributed by atoms with Crippen LogP contribution in [0.1, 0.15) is 26.7 Å². The average Bonchev–Trinajstić information content (AvgIpc) is 2.77. The van der Waals surface area contributed by atoms with Gasteiger partial charge < -0.3 is 5.32 Å². The van der Waals surface area contributed by atoms with Crippen LogP contribution in [0.2, 0.25) is 0 Å². The van der Waals surface area contributed by atoms with Gasteiger partial charge in [-0.3, -0.25) is 14.5 Å². The summed E-state index contributed by atoms with van der Waals surface area (Å²) in [5, 5.41) is 2.60. The maximum absolute atomic E-state index is 13.4. The molecule has 3 aromatic carbocycles. The second-order valence-corrected chi connectivity index (χ2v) is 8.34. The lowest BCUT2D eigenvalue weighted by Crippen LogP contribution is -2.32. The van der Waals surface area contributed by atoms with Gasteiger partial charge in [-0.05, 0) is 61.9 Å². The zero-order chi connectivity index (χ0) is 21.3. The minimum Gasteiger partial charge on any atom is -0.326 e. The summed E-state index contributed by atoms with van der Waals surface area (Å²) in [4.78, 5) is 27.9. The van der Waals surface area contributed by atoms with Crippen LogP contribution >= 0.6 is 11.8 Å². The van der Waals surface area contributed by atoms with Crippen molar-refractivity contribution in [3.05, 3.63) is 84.9 Å². The maximum atomic E-state index is 13.4. The summed E-state index contributed by atoms with van der Waals surface area (Å²) in [6.45, 7) is 3.90. The smallest absolute Gasteiger partial charge is 0.244 e. The molecule has 3 rings (SSSR count). The number of hydrogen-bond donors (Lipinski definition) is 1. The zero-order valence-corrected chi connectivity index (χ0v) is 18.1. The minimum atomic E-state index is -0.286. The molecule has 0 saturated carbocycles. The van der Waals surface area contributed by atoms with E-state index in [1.807, 2.05) is 98.8 Å². The molecular formula is C25H26N2O2S. The largest absolute Gasteiger partial charge is 0.326 e. The van der Waals surface area contributed by atoms with Crippen molar-refractivity contribution in [3.63, 3.8) is 0 Å². The number of anilines is 3. The Balaban J connectivity index is 1.73. The van der Waals surface area contributed by atoms with Crippen LogP contribution in [0.3, 0.4) is 0 Å². The van der Waals surface area contributed by atoms with Crippen LogP contribution in [0.5, 0.6) is 0 Å². The molecule has 3 aromatic rings. The van der Waals surface area contributed by atoms with E-state index in [0.29, 0.717) is 6.42 Å². The number of benzene rings is 3. The van der Waals surface area contributed by atoms with E-state index >= 15 is 0 Å². The Morgan fingerprint density at radius 2 is 1.40 bits per heavy atom. The lowest BCUT2D eigenvalue weighted by atomic mass is 10.2. The molecule has 0 spiro atoms. The van der Waals surface area contributed by atoms with Gasteiger partial charge in [0.25, 0.3) is 0 Å². The van der Waals surface area contributed by atoms with Gasteiger partial charge in [-0.2, -0.15) is 0 Å². The number of carbonyl (C=O) groups excluding carboxylic acids is 2. The van der Waals surface area contributed by atoms with Crippen molar-refractivity contribution in [2.75, 3.05) is 10.2 Å². The molecule has 0 fully saturated rings. The van der Waals surface area contributed by atoms with E-state index < -0.39 is 0 Å². The lowest BCUT2D eigenvalue weighted by Gasteiger charge is -2.26. The summed E-state index contributed by atoms with van der Waals surface area (Å²) in [6, 6.07) is 27.0. The van der Waals surface area contributed by atoms with Gasteiger partial charge in [0.15, 0.2) is 0 Å². The van der Waals surface area contributed by atoms with Crippen molar-refractivity contribution in [1.29, 1.82) is 0 Å². The first-order chi connectivity index (χ1) is 14.6. The molecule has 1 N–H and O–H groups in total. The van der Waals surface area contributed by atoms with Crippen LogP contribution in [-0.4, -0.2) is 17.1 Å². The van der Waals surface area contributed by atoms with Crippen LogP contribution in [0.4, 0.5) is 17.1 Å². The van der Waals surface area contributed by atoms with Crippen molar-refractivity contribution < 1.29 is 9.59 Å². The van der Waals surface area contributed by atoms with E-state index in [2.05, 4.69) is 5.32 Å². The number of nitrogens with one attached hydrogen (secondary N) is 1. The summed E-state index contributed by atoms with van der Waals surface area (Å²) in [5.41, 5.74) is 2.46. The Bertz CT molecular complexity index is 920. The Hall–Kier alpha value is -3.05. The monoisotopic (exact) mass is 418 g/mol. The number of para-hydroxylation sites is 2. The molecule has 30 heavy (non-hydrogen) atoms. The fourth-order valence-electron chi connectivity index (χ4n) is 3.06. The van der Waals surface area contributed by atoms with Gasteiger partial charge in [0.1, 0.15) is 0 Å². The first-order valence-corrected chi connectivity index (χ1v) is 11.0. The number of nitrogens with zero attached hydrogens (tertiary/aromatic N) is 1. The maximum Gasteiger partial charge on any atom is 0.244 e. The molecule has 0 aliphatic rings. The molecular weight excluding hydrogens is 392 g/mol. The number of hydrogen-bond acceptors (Lipinski definition) is 3. The SMILES string of the molecule is CCCC(=O)Nc1ccc(SC(C)C(=O)N(c2ccccc2)c2ccccc2)cc1. The van der Waals surface area contributed by atoms with E-state index in [1.165, 1.54) is 11.8 Å². The molecule has 4 nitrogen and oxygen atoms in total. The highest BCUT2D eigenvalue weighted by atomic mass is 32.2. The fraction of sp³-hybridized carbons (Fsp3) is 0.200. The Morgan fingerprint density at radius 1 is 0.867 bits per heavy atom. The van der Waals surface area contributed by atoms with Crippen molar-refractivity contribution >= 4 is 40.6 Å². The third kappa shape index (κ3) is 5.74. The Labute approximate surface area is 182 Å². The highest BCUT2D eigenvalue weighted by molar-refractivity contribution is 8.00. The van der Waals surface area contributed by atoms with Crippen LogP contribution in [0, 0.1) is 0 Å². The third-order valence-corrected chi connectivity index (χ3v) is 5.62. The topological polar surface area (TPSA) is 49.4 Å². The molecule has 5 heteroatoms. The first-order valence-electron chi connectivity index (χ1n) is 10.1. The summed E-state index contributed by atoms with van der Waals surface area (Å²) in [7, 11) is 0. The molecule has 1 unspecified atom stereocenters. The summed E-state index contributed by atoms with van der Waals surface area (Å²) in [5.74, 6) is 0.0283. The Kier molecular flexibility index (Phi) is 7.69. The standard InChI is InChI=1S/C25H26N2O2S/c1-3-10-24(28)26-20-15-17-23(18-16-20)30-19(2)25(29)27(21-11-6-4-7-12-21)22-13-8-5-9-14-22/h4-9,11-19H,3,10H2,1-2H3,(H,26,28). The molecule has 0 radical (unpaired) electrons. The molecule has 0 aromatic heterocycles. The number of carbonyl (C=O) groups is 2. The van der Waals surface area contributed by atoms with E-state index in [9.17, 15) is 9.59 Å². The average molecular weight is 419 g/mol. The second-order valence-electron chi connectivity index (χ2n) is 6.93. The van der Waals surface area contributed by atoms with Crippen LogP contribution in [0.25, 0.3) is 0 Å². The quantitative estimate of drug-likeness (QED) is 0.439. The van der Waals surface area contributed by atoms with Crippen molar-refractivity contribution in [3.8, 4) is 0 Å². The van der Waals surface area contributed by atoms with E-state index in [4.69, 9.17) is 0 Å². The van der Waals surface area contributed by atoms with E-state index in [1.54, 1.807) is 4.90 Å². The number of amides is 2. The number of rotatable bonds is 8. The molecule has 0 heterocycles. The molecule has 0 aliphatic carbocycles. The minimum absolute atomic E-state index is 0.0118. The van der Waals surface area contributed by atoms with Crippen LogP contribution in [0.15, 0.2) is 89.8 Å². The van der Waals surface area contributed by atoms with Crippen LogP contribution < -0.4 is 10.2 Å². The van der Waals surface area contributed by atoms with Crippen LogP contribution in [-0.2, 0) is 9.59 Å². The first kappa shape index (κ1) is 21.7. The van der Waals surface area contributed by atoms with Gasteiger partial charge in [-0.15, -0.1) is 11.8 Å². The molecule has 2 amide bonds. The lowest BCUT2D eigenvalue weighted by molar-refractivity contribution is -0.117. The van der Waals surface area contributed by atoms with Gasteiger partial charge in [-0.1, -0.05) is 43.3 Å². The van der Waals surface area contributed by atoms with Gasteiger partial charge >= 0.3 is 0 Å². The summed E-state index contributed by atoms with van der Waals surface area (Å²) in [6.07, 6.45) is 1.33. The number of thioether (sulfide) groups is 1. The van der Waals surface area contributed by atoms with Gasteiger partial charge in [0, 0.05) is 28.4 Å². The second kappa shape index (κ2) is 10.6. The van der Waals surface area contributed by atoms with Crippen molar-refractivity contribution in [2.45, 2.75) is 36.8 Å². The summed E-state index contributed by atoms with van der Waals surface area (Å²) >= 11 is 1.50. The van der Waals surface area contributed by atoms with Gasteiger partial charge in [0.05, 0.1) is 5.25 Å². The van der Waals surface area contributed by atoms with Crippen molar-refractivity contribution in [2.24, 2.45) is 0 Å². The predicted octanol–water partition coefficient (Wildman–Crippen LogP) is 6.27. The predicted molar refractivity (Wildman–Crippen MR) is 125 cm³/mol.